The van der Waals surface area contributed by atoms with Crippen LogP contribution in [0.25, 0.3) is 0 Å². The Morgan fingerprint density at radius 1 is 1.36 bits per heavy atom. The van der Waals surface area contributed by atoms with Gasteiger partial charge < -0.3 is 10.5 Å². The molecule has 1 rings (SSSR count). The van der Waals surface area contributed by atoms with E-state index in [9.17, 15) is 0 Å². The summed E-state index contributed by atoms with van der Waals surface area (Å²) in [5.74, 6) is 0.890. The van der Waals surface area contributed by atoms with Crippen molar-refractivity contribution in [3.63, 3.8) is 0 Å². The summed E-state index contributed by atoms with van der Waals surface area (Å²) < 4.78 is 5.19. The van der Waals surface area contributed by atoms with Crippen LogP contribution in [0.2, 0.25) is 0 Å². The molecule has 1 aromatic carbocycles. The molecule has 0 aliphatic rings. The van der Waals surface area contributed by atoms with Crippen molar-refractivity contribution in [2.75, 3.05) is 7.11 Å². The number of rotatable bonds is 4. The average molecular weight is 193 g/mol. The van der Waals surface area contributed by atoms with Crippen LogP contribution in [0.3, 0.4) is 0 Å². The van der Waals surface area contributed by atoms with Crippen molar-refractivity contribution >= 4 is 0 Å². The lowest BCUT2D eigenvalue weighted by molar-refractivity contribution is 0.413. The summed E-state index contributed by atoms with van der Waals surface area (Å²) in [5.41, 5.74) is 8.58. The second kappa shape index (κ2) is 5.01. The topological polar surface area (TPSA) is 35.2 Å². The van der Waals surface area contributed by atoms with Crippen molar-refractivity contribution in [1.29, 1.82) is 0 Å². The summed E-state index contributed by atoms with van der Waals surface area (Å²) in [7, 11) is 1.68. The summed E-state index contributed by atoms with van der Waals surface area (Å²) >= 11 is 0. The molecule has 0 aromatic heterocycles. The molecular formula is C12H19NO. The Labute approximate surface area is 86.1 Å². The number of methoxy groups -OCH3 is 1. The van der Waals surface area contributed by atoms with Crippen LogP contribution in [0.1, 0.15) is 37.4 Å². The fourth-order valence-corrected chi connectivity index (χ4v) is 1.59. The van der Waals surface area contributed by atoms with Gasteiger partial charge in [0, 0.05) is 6.04 Å². The van der Waals surface area contributed by atoms with Gasteiger partial charge in [-0.05, 0) is 36.1 Å². The predicted molar refractivity (Wildman–Crippen MR) is 59.6 cm³/mol. The maximum Gasteiger partial charge on any atom is 0.119 e. The molecule has 2 heteroatoms. The van der Waals surface area contributed by atoms with Crippen molar-refractivity contribution < 1.29 is 4.74 Å². The van der Waals surface area contributed by atoms with Crippen molar-refractivity contribution in [1.82, 2.24) is 0 Å². The molecule has 1 atom stereocenters. The highest BCUT2D eigenvalue weighted by atomic mass is 16.5. The van der Waals surface area contributed by atoms with Gasteiger partial charge in [-0.25, -0.2) is 0 Å². The standard InChI is InChI=1S/C12H19NO/c1-4-9-6-7-10(14-3)8-11(9)12(13)5-2/h6-8,12H,4-5,13H2,1-3H3/t12-/m1/s1. The molecule has 78 valence electrons. The Morgan fingerprint density at radius 3 is 2.57 bits per heavy atom. The van der Waals surface area contributed by atoms with Crippen LogP contribution in [-0.2, 0) is 6.42 Å². The SMILES string of the molecule is CCc1ccc(OC)cc1[C@H](N)CC. The Hall–Kier alpha value is -1.02. The third-order valence-electron chi connectivity index (χ3n) is 2.57. The van der Waals surface area contributed by atoms with Crippen molar-refractivity contribution in [3.05, 3.63) is 29.3 Å². The lowest BCUT2D eigenvalue weighted by Crippen LogP contribution is -2.11. The van der Waals surface area contributed by atoms with Crippen LogP contribution in [0, 0.1) is 0 Å². The van der Waals surface area contributed by atoms with Gasteiger partial charge in [-0.1, -0.05) is 19.9 Å². The van der Waals surface area contributed by atoms with E-state index in [0.29, 0.717) is 0 Å². The predicted octanol–water partition coefficient (Wildman–Crippen LogP) is 2.67. The number of nitrogens with two attached hydrogens (primary N) is 1. The van der Waals surface area contributed by atoms with Crippen molar-refractivity contribution in [2.24, 2.45) is 5.73 Å². The quantitative estimate of drug-likeness (QED) is 0.798. The van der Waals surface area contributed by atoms with E-state index < -0.39 is 0 Å². The summed E-state index contributed by atoms with van der Waals surface area (Å²) in [5, 5.41) is 0. The fraction of sp³-hybridized carbons (Fsp3) is 0.500. The molecule has 14 heavy (non-hydrogen) atoms. The molecule has 0 radical (unpaired) electrons. The van der Waals surface area contributed by atoms with Gasteiger partial charge >= 0.3 is 0 Å². The minimum atomic E-state index is 0.125. The lowest BCUT2D eigenvalue weighted by atomic mass is 9.97. The van der Waals surface area contributed by atoms with Crippen LogP contribution in [0.5, 0.6) is 5.75 Å². The second-order valence-corrected chi connectivity index (χ2v) is 3.43. The molecule has 0 bridgehead atoms. The first-order chi connectivity index (χ1) is 6.72. The molecular weight excluding hydrogens is 174 g/mol. The van der Waals surface area contributed by atoms with Gasteiger partial charge in [-0.15, -0.1) is 0 Å². The molecule has 0 saturated carbocycles. The molecule has 2 nitrogen and oxygen atoms in total. The van der Waals surface area contributed by atoms with Crippen molar-refractivity contribution in [2.45, 2.75) is 32.7 Å². The molecule has 0 saturated heterocycles. The monoisotopic (exact) mass is 193 g/mol. The summed E-state index contributed by atoms with van der Waals surface area (Å²) in [6, 6.07) is 6.27. The van der Waals surface area contributed by atoms with Crippen LogP contribution < -0.4 is 10.5 Å². The van der Waals surface area contributed by atoms with E-state index >= 15 is 0 Å². The number of ether oxygens (including phenoxy) is 1. The molecule has 0 spiro atoms. The van der Waals surface area contributed by atoms with Gasteiger partial charge in [0.05, 0.1) is 7.11 Å². The van der Waals surface area contributed by atoms with Gasteiger partial charge in [0.25, 0.3) is 0 Å². The number of hydrogen-bond acceptors (Lipinski definition) is 2. The van der Waals surface area contributed by atoms with Gasteiger partial charge in [-0.3, -0.25) is 0 Å². The van der Waals surface area contributed by atoms with E-state index in [2.05, 4.69) is 19.9 Å². The molecule has 0 unspecified atom stereocenters. The smallest absolute Gasteiger partial charge is 0.119 e. The normalized spacial score (nSPS) is 12.6. The molecule has 0 aliphatic carbocycles. The Kier molecular flexibility index (Phi) is 3.96. The first kappa shape index (κ1) is 11.1. The number of benzene rings is 1. The fourth-order valence-electron chi connectivity index (χ4n) is 1.59. The zero-order valence-corrected chi connectivity index (χ0v) is 9.21. The highest BCUT2D eigenvalue weighted by Gasteiger charge is 2.09. The van der Waals surface area contributed by atoms with Gasteiger partial charge in [-0.2, -0.15) is 0 Å². The highest BCUT2D eigenvalue weighted by Crippen LogP contribution is 2.24. The molecule has 0 amide bonds. The maximum absolute atomic E-state index is 6.04. The Balaban J connectivity index is 3.08. The Bertz CT molecular complexity index is 296. The summed E-state index contributed by atoms with van der Waals surface area (Å²) in [4.78, 5) is 0. The Morgan fingerprint density at radius 2 is 2.07 bits per heavy atom. The van der Waals surface area contributed by atoms with Gasteiger partial charge in [0.2, 0.25) is 0 Å². The maximum atomic E-state index is 6.04. The van der Waals surface area contributed by atoms with Crippen LogP contribution in [0.4, 0.5) is 0 Å². The van der Waals surface area contributed by atoms with E-state index in [0.717, 1.165) is 18.6 Å². The number of aryl methyl sites for hydroxylation is 1. The first-order valence-corrected chi connectivity index (χ1v) is 5.15. The first-order valence-electron chi connectivity index (χ1n) is 5.15. The summed E-state index contributed by atoms with van der Waals surface area (Å²) in [6.07, 6.45) is 1.98. The van der Waals surface area contributed by atoms with Gasteiger partial charge in [0.1, 0.15) is 5.75 Å². The minimum absolute atomic E-state index is 0.125. The van der Waals surface area contributed by atoms with Gasteiger partial charge in [0.15, 0.2) is 0 Å². The molecule has 0 heterocycles. The highest BCUT2D eigenvalue weighted by molar-refractivity contribution is 5.37. The summed E-state index contributed by atoms with van der Waals surface area (Å²) in [6.45, 7) is 4.25. The van der Waals surface area contributed by atoms with Crippen LogP contribution in [-0.4, -0.2) is 7.11 Å². The van der Waals surface area contributed by atoms with Crippen LogP contribution in [0.15, 0.2) is 18.2 Å². The zero-order valence-electron chi connectivity index (χ0n) is 9.21. The van der Waals surface area contributed by atoms with Crippen LogP contribution >= 0.6 is 0 Å². The largest absolute Gasteiger partial charge is 0.497 e. The average Bonchev–Trinajstić information content (AvgIpc) is 2.27. The zero-order chi connectivity index (χ0) is 10.6. The van der Waals surface area contributed by atoms with E-state index in [-0.39, 0.29) is 6.04 Å². The molecule has 1 aromatic rings. The van der Waals surface area contributed by atoms with E-state index in [1.54, 1.807) is 7.11 Å². The lowest BCUT2D eigenvalue weighted by Gasteiger charge is -2.15. The van der Waals surface area contributed by atoms with E-state index in [1.165, 1.54) is 11.1 Å². The third-order valence-corrected chi connectivity index (χ3v) is 2.57. The van der Waals surface area contributed by atoms with E-state index in [1.807, 2.05) is 12.1 Å². The molecule has 0 aliphatic heterocycles. The van der Waals surface area contributed by atoms with E-state index in [4.69, 9.17) is 10.5 Å². The second-order valence-electron chi connectivity index (χ2n) is 3.43. The number of hydrogen-bond donors (Lipinski definition) is 1. The minimum Gasteiger partial charge on any atom is -0.497 e. The molecule has 2 N–H and O–H groups in total. The van der Waals surface area contributed by atoms with Crippen molar-refractivity contribution in [3.8, 4) is 5.75 Å². The molecule has 0 fully saturated rings. The third kappa shape index (κ3) is 2.26.